The van der Waals surface area contributed by atoms with E-state index in [1.54, 1.807) is 24.4 Å². The number of benzene rings is 2. The van der Waals surface area contributed by atoms with Crippen LogP contribution in [-0.2, 0) is 10.0 Å². The molecule has 0 aliphatic carbocycles. The lowest BCUT2D eigenvalue weighted by molar-refractivity contribution is 0.598. The van der Waals surface area contributed by atoms with E-state index >= 15 is 0 Å². The molecule has 3 N–H and O–H groups in total. The number of fused-ring (bicyclic) bond motifs is 1. The van der Waals surface area contributed by atoms with E-state index in [2.05, 4.69) is 10.2 Å². The number of sulfonamides is 1. The Kier molecular flexibility index (Phi) is 3.01. The highest BCUT2D eigenvalue weighted by atomic mass is 35.5. The highest BCUT2D eigenvalue weighted by Gasteiger charge is 2.10. The predicted octanol–water partition coefficient (Wildman–Crippen LogP) is 2.53. The van der Waals surface area contributed by atoms with Crippen molar-refractivity contribution in [2.24, 2.45) is 5.14 Å². The Hall–Kier alpha value is -1.89. The first-order valence-electron chi connectivity index (χ1n) is 5.71. The van der Waals surface area contributed by atoms with Gasteiger partial charge in [0.25, 0.3) is 0 Å². The molecule has 0 spiro atoms. The summed E-state index contributed by atoms with van der Waals surface area (Å²) < 4.78 is 22.5. The standard InChI is InChI=1S/C13H10ClN3O2S/c14-9-5-11(12-7-16-17-13(12)6-9)8-1-3-10(4-2-8)20(15,18)19/h1-7H,(H,16,17)(H2,15,18,19). The van der Waals surface area contributed by atoms with Gasteiger partial charge in [0.1, 0.15) is 0 Å². The number of hydrogen-bond donors (Lipinski definition) is 2. The Bertz CT molecular complexity index is 886. The number of primary sulfonamides is 1. The van der Waals surface area contributed by atoms with E-state index in [9.17, 15) is 8.42 Å². The molecule has 0 saturated heterocycles. The number of nitrogens with two attached hydrogens (primary N) is 1. The van der Waals surface area contributed by atoms with E-state index in [-0.39, 0.29) is 4.90 Å². The van der Waals surface area contributed by atoms with Gasteiger partial charge in [0, 0.05) is 10.4 Å². The number of nitrogens with one attached hydrogen (secondary N) is 1. The van der Waals surface area contributed by atoms with E-state index in [0.29, 0.717) is 5.02 Å². The average Bonchev–Trinajstić information content (AvgIpc) is 2.85. The summed E-state index contributed by atoms with van der Waals surface area (Å²) in [6.45, 7) is 0. The van der Waals surface area contributed by atoms with Crippen LogP contribution in [0.1, 0.15) is 0 Å². The van der Waals surface area contributed by atoms with Gasteiger partial charge in [0.05, 0.1) is 16.6 Å². The van der Waals surface area contributed by atoms with Crippen molar-refractivity contribution in [2.45, 2.75) is 4.90 Å². The Labute approximate surface area is 120 Å². The molecule has 20 heavy (non-hydrogen) atoms. The predicted molar refractivity (Wildman–Crippen MR) is 77.9 cm³/mol. The van der Waals surface area contributed by atoms with Crippen LogP contribution in [0.4, 0.5) is 0 Å². The SMILES string of the molecule is NS(=O)(=O)c1ccc(-c2cc(Cl)cc3[nH]ncc23)cc1. The van der Waals surface area contributed by atoms with Crippen molar-refractivity contribution in [3.8, 4) is 11.1 Å². The van der Waals surface area contributed by atoms with Crippen LogP contribution in [0.2, 0.25) is 5.02 Å². The molecule has 0 fully saturated rings. The zero-order valence-corrected chi connectivity index (χ0v) is 11.7. The van der Waals surface area contributed by atoms with Crippen LogP contribution in [0.25, 0.3) is 22.0 Å². The number of aromatic nitrogens is 2. The first-order chi connectivity index (χ1) is 9.45. The summed E-state index contributed by atoms with van der Waals surface area (Å²) >= 11 is 6.07. The first-order valence-corrected chi connectivity index (χ1v) is 7.63. The summed E-state index contributed by atoms with van der Waals surface area (Å²) in [4.78, 5) is 0.0757. The number of aromatic amines is 1. The normalized spacial score (nSPS) is 11.9. The highest BCUT2D eigenvalue weighted by Crippen LogP contribution is 2.31. The Balaban J connectivity index is 2.18. The minimum Gasteiger partial charge on any atom is -0.278 e. The Morgan fingerprint density at radius 1 is 1.15 bits per heavy atom. The Morgan fingerprint density at radius 2 is 1.85 bits per heavy atom. The lowest BCUT2D eigenvalue weighted by Gasteiger charge is -2.05. The molecular formula is C13H10ClN3O2S. The van der Waals surface area contributed by atoms with E-state index in [1.807, 2.05) is 6.07 Å². The summed E-state index contributed by atoms with van der Waals surface area (Å²) in [6, 6.07) is 9.92. The summed E-state index contributed by atoms with van der Waals surface area (Å²) in [7, 11) is -3.69. The molecule has 0 bridgehead atoms. The molecule has 5 nitrogen and oxygen atoms in total. The number of halogens is 1. The lowest BCUT2D eigenvalue weighted by Crippen LogP contribution is -2.11. The van der Waals surface area contributed by atoms with E-state index in [4.69, 9.17) is 16.7 Å². The third-order valence-electron chi connectivity index (χ3n) is 3.02. The highest BCUT2D eigenvalue weighted by molar-refractivity contribution is 7.89. The van der Waals surface area contributed by atoms with Crippen LogP contribution in [0.3, 0.4) is 0 Å². The number of hydrogen-bond acceptors (Lipinski definition) is 3. The maximum Gasteiger partial charge on any atom is 0.238 e. The molecule has 3 rings (SSSR count). The molecule has 1 heterocycles. The van der Waals surface area contributed by atoms with Crippen LogP contribution >= 0.6 is 11.6 Å². The maximum atomic E-state index is 11.2. The van der Waals surface area contributed by atoms with Crippen LogP contribution < -0.4 is 5.14 Å². The smallest absolute Gasteiger partial charge is 0.238 e. The molecule has 0 radical (unpaired) electrons. The van der Waals surface area contributed by atoms with Gasteiger partial charge in [-0.1, -0.05) is 23.7 Å². The van der Waals surface area contributed by atoms with Crippen molar-refractivity contribution < 1.29 is 8.42 Å². The summed E-state index contributed by atoms with van der Waals surface area (Å²) in [5.41, 5.74) is 2.54. The molecule has 1 aromatic heterocycles. The molecule has 0 saturated carbocycles. The van der Waals surface area contributed by atoms with Crippen molar-refractivity contribution in [1.29, 1.82) is 0 Å². The van der Waals surface area contributed by atoms with Crippen LogP contribution in [0, 0.1) is 0 Å². The number of nitrogens with zero attached hydrogens (tertiary/aromatic N) is 1. The van der Waals surface area contributed by atoms with Gasteiger partial charge in [-0.2, -0.15) is 5.10 Å². The summed E-state index contributed by atoms with van der Waals surface area (Å²) in [5, 5.41) is 13.4. The van der Waals surface area contributed by atoms with E-state index in [1.165, 1.54) is 12.1 Å². The van der Waals surface area contributed by atoms with Gasteiger partial charge in [-0.3, -0.25) is 5.10 Å². The topological polar surface area (TPSA) is 88.8 Å². The monoisotopic (exact) mass is 307 g/mol. The van der Waals surface area contributed by atoms with Crippen molar-refractivity contribution in [3.05, 3.63) is 47.6 Å². The van der Waals surface area contributed by atoms with Gasteiger partial charge < -0.3 is 0 Å². The Morgan fingerprint density at radius 3 is 2.50 bits per heavy atom. The van der Waals surface area contributed by atoms with Crippen LogP contribution in [0.15, 0.2) is 47.5 Å². The molecular weight excluding hydrogens is 298 g/mol. The molecule has 2 aromatic carbocycles. The fourth-order valence-electron chi connectivity index (χ4n) is 2.08. The zero-order chi connectivity index (χ0) is 14.3. The first kappa shape index (κ1) is 13.1. The average molecular weight is 308 g/mol. The molecule has 7 heteroatoms. The van der Waals surface area contributed by atoms with Crippen LogP contribution in [0.5, 0.6) is 0 Å². The quantitative estimate of drug-likeness (QED) is 0.762. The molecule has 0 amide bonds. The van der Waals surface area contributed by atoms with Crippen molar-refractivity contribution in [3.63, 3.8) is 0 Å². The number of rotatable bonds is 2. The van der Waals surface area contributed by atoms with Gasteiger partial charge in [0.15, 0.2) is 0 Å². The van der Waals surface area contributed by atoms with Gasteiger partial charge in [-0.15, -0.1) is 0 Å². The van der Waals surface area contributed by atoms with Crippen LogP contribution in [-0.4, -0.2) is 18.6 Å². The largest absolute Gasteiger partial charge is 0.278 e. The molecule has 0 aliphatic rings. The zero-order valence-electron chi connectivity index (χ0n) is 10.2. The second kappa shape index (κ2) is 4.59. The van der Waals surface area contributed by atoms with Crippen molar-refractivity contribution in [2.75, 3.05) is 0 Å². The molecule has 0 aliphatic heterocycles. The van der Waals surface area contributed by atoms with Gasteiger partial charge in [-0.25, -0.2) is 13.6 Å². The second-order valence-electron chi connectivity index (χ2n) is 4.35. The minimum atomic E-state index is -3.69. The van der Waals surface area contributed by atoms with Gasteiger partial charge in [0.2, 0.25) is 10.0 Å². The lowest BCUT2D eigenvalue weighted by atomic mass is 10.0. The molecule has 102 valence electrons. The van der Waals surface area contributed by atoms with Gasteiger partial charge in [-0.05, 0) is 35.4 Å². The summed E-state index contributed by atoms with van der Waals surface area (Å²) in [5.74, 6) is 0. The molecule has 0 unspecified atom stereocenters. The molecule has 3 aromatic rings. The third-order valence-corrected chi connectivity index (χ3v) is 4.16. The van der Waals surface area contributed by atoms with Crippen molar-refractivity contribution in [1.82, 2.24) is 10.2 Å². The van der Waals surface area contributed by atoms with E-state index < -0.39 is 10.0 Å². The second-order valence-corrected chi connectivity index (χ2v) is 6.35. The molecule has 0 atom stereocenters. The maximum absolute atomic E-state index is 11.2. The minimum absolute atomic E-state index is 0.0757. The van der Waals surface area contributed by atoms with Gasteiger partial charge >= 0.3 is 0 Å². The fraction of sp³-hybridized carbons (Fsp3) is 0. The number of H-pyrrole nitrogens is 1. The third kappa shape index (κ3) is 2.29. The van der Waals surface area contributed by atoms with Crippen molar-refractivity contribution >= 4 is 32.5 Å². The summed E-state index contributed by atoms with van der Waals surface area (Å²) in [6.07, 6.45) is 1.70. The van der Waals surface area contributed by atoms with E-state index in [0.717, 1.165) is 22.0 Å². The fourth-order valence-corrected chi connectivity index (χ4v) is 2.81.